The van der Waals surface area contributed by atoms with E-state index in [0.29, 0.717) is 0 Å². The molecule has 0 saturated carbocycles. The average Bonchev–Trinajstić information content (AvgIpc) is 3.81. The molecule has 0 amide bonds. The zero-order chi connectivity index (χ0) is 37.8. The summed E-state index contributed by atoms with van der Waals surface area (Å²) in [4.78, 5) is 2.51. The van der Waals surface area contributed by atoms with Gasteiger partial charge in [-0.1, -0.05) is 161 Å². The number of para-hydroxylation sites is 2. The fourth-order valence-corrected chi connectivity index (χ4v) is 9.94. The quantitative estimate of drug-likeness (QED) is 0.176. The normalized spacial score (nSPS) is 14.4. The summed E-state index contributed by atoms with van der Waals surface area (Å²) in [5.41, 5.74) is 20.4. The molecule has 56 heavy (non-hydrogen) atoms. The summed E-state index contributed by atoms with van der Waals surface area (Å²) >= 11 is 0. The van der Waals surface area contributed by atoms with E-state index in [1.807, 2.05) is 6.07 Å². The lowest BCUT2D eigenvalue weighted by atomic mass is 9.81. The first-order valence-electron chi connectivity index (χ1n) is 19.7. The fraction of sp³-hybridized carbons (Fsp3) is 0.111. The van der Waals surface area contributed by atoms with Gasteiger partial charge in [-0.05, 0) is 98.1 Å². The van der Waals surface area contributed by atoms with E-state index in [1.54, 1.807) is 0 Å². The van der Waals surface area contributed by atoms with E-state index in [9.17, 15) is 0 Å². The minimum absolute atomic E-state index is 0.0985. The first kappa shape index (κ1) is 32.8. The smallest absolute Gasteiger partial charge is 0.136 e. The number of nitrogens with zero attached hydrogens (tertiary/aromatic N) is 1. The number of furan rings is 1. The standard InChI is InChI=1S/C54H41NO/c1-53(2)44-24-10-6-20-41(44)52-45(53)25-15-27-48(52)55(36-17-13-16-34(32-36)38-22-14-29-50-51(38)42-21-8-12-28-49(42)56-50)47-26-11-7-18-37(47)35-30-31-40-39-19-5-9-23-43(39)54(3,4)46(40)33-35/h5-33H,1-4H3. The Hall–Kier alpha value is -6.64. The highest BCUT2D eigenvalue weighted by Gasteiger charge is 2.39. The lowest BCUT2D eigenvalue weighted by Gasteiger charge is -2.31. The SMILES string of the molecule is CC1(C)c2ccccc2-c2ccc(-c3ccccc3N(c3cccc(-c4cccc5oc6ccccc6c45)c3)c3cccc4c3-c3ccccc3C4(C)C)cc21. The summed E-state index contributed by atoms with van der Waals surface area (Å²) < 4.78 is 6.36. The van der Waals surface area contributed by atoms with Crippen LogP contribution in [0.3, 0.4) is 0 Å². The van der Waals surface area contributed by atoms with Crippen molar-refractivity contribution in [3.63, 3.8) is 0 Å². The molecule has 8 aromatic carbocycles. The van der Waals surface area contributed by atoms with Crippen molar-refractivity contribution in [2.45, 2.75) is 38.5 Å². The second-order valence-corrected chi connectivity index (χ2v) is 16.5. The van der Waals surface area contributed by atoms with Crippen molar-refractivity contribution < 1.29 is 4.42 Å². The summed E-state index contributed by atoms with van der Waals surface area (Å²) in [6.07, 6.45) is 0. The molecule has 1 aromatic heterocycles. The van der Waals surface area contributed by atoms with Gasteiger partial charge in [-0.3, -0.25) is 0 Å². The van der Waals surface area contributed by atoms with Crippen molar-refractivity contribution in [3.8, 4) is 44.5 Å². The predicted molar refractivity (Wildman–Crippen MR) is 234 cm³/mol. The van der Waals surface area contributed by atoms with E-state index in [1.165, 1.54) is 61.3 Å². The Labute approximate surface area is 328 Å². The van der Waals surface area contributed by atoms with E-state index < -0.39 is 0 Å². The lowest BCUT2D eigenvalue weighted by molar-refractivity contribution is 0.660. The average molecular weight is 720 g/mol. The summed E-state index contributed by atoms with van der Waals surface area (Å²) in [5, 5.41) is 2.28. The van der Waals surface area contributed by atoms with Crippen molar-refractivity contribution in [2.75, 3.05) is 4.90 Å². The zero-order valence-corrected chi connectivity index (χ0v) is 32.1. The third-order valence-electron chi connectivity index (χ3n) is 12.7. The highest BCUT2D eigenvalue weighted by atomic mass is 16.3. The molecule has 0 unspecified atom stereocenters. The van der Waals surface area contributed by atoms with Crippen LogP contribution in [0.25, 0.3) is 66.4 Å². The third-order valence-corrected chi connectivity index (χ3v) is 12.7. The van der Waals surface area contributed by atoms with Gasteiger partial charge in [0, 0.05) is 38.4 Å². The second-order valence-electron chi connectivity index (χ2n) is 16.5. The van der Waals surface area contributed by atoms with Crippen molar-refractivity contribution in [2.24, 2.45) is 0 Å². The van der Waals surface area contributed by atoms with E-state index >= 15 is 0 Å². The topological polar surface area (TPSA) is 16.4 Å². The van der Waals surface area contributed by atoms with Gasteiger partial charge in [0.1, 0.15) is 11.2 Å². The molecule has 0 bridgehead atoms. The second kappa shape index (κ2) is 11.9. The fourth-order valence-electron chi connectivity index (χ4n) is 9.94. The summed E-state index contributed by atoms with van der Waals surface area (Å²) in [7, 11) is 0. The number of anilines is 3. The minimum atomic E-state index is -0.131. The Morgan fingerprint density at radius 2 is 0.964 bits per heavy atom. The van der Waals surface area contributed by atoms with Gasteiger partial charge in [0.2, 0.25) is 0 Å². The van der Waals surface area contributed by atoms with Gasteiger partial charge in [0.25, 0.3) is 0 Å². The van der Waals surface area contributed by atoms with Gasteiger partial charge in [0.05, 0.1) is 11.4 Å². The maximum Gasteiger partial charge on any atom is 0.136 e. The zero-order valence-electron chi connectivity index (χ0n) is 32.1. The molecule has 0 saturated heterocycles. The molecule has 2 aliphatic rings. The van der Waals surface area contributed by atoms with Crippen LogP contribution in [0.5, 0.6) is 0 Å². The molecule has 0 radical (unpaired) electrons. The predicted octanol–water partition coefficient (Wildman–Crippen LogP) is 15.0. The molecule has 2 nitrogen and oxygen atoms in total. The Kier molecular flexibility index (Phi) is 6.98. The number of fused-ring (bicyclic) bond motifs is 9. The number of hydrogen-bond acceptors (Lipinski definition) is 2. The Morgan fingerprint density at radius 1 is 0.393 bits per heavy atom. The van der Waals surface area contributed by atoms with E-state index in [-0.39, 0.29) is 10.8 Å². The molecular formula is C54H41NO. The Balaban J connectivity index is 1.16. The van der Waals surface area contributed by atoms with Crippen LogP contribution in [-0.2, 0) is 10.8 Å². The van der Waals surface area contributed by atoms with E-state index in [4.69, 9.17) is 4.42 Å². The number of rotatable bonds is 5. The Morgan fingerprint density at radius 3 is 1.82 bits per heavy atom. The first-order valence-corrected chi connectivity index (χ1v) is 19.7. The number of hydrogen-bond donors (Lipinski definition) is 0. The summed E-state index contributed by atoms with van der Waals surface area (Å²) in [6, 6.07) is 64.6. The molecule has 2 heteroatoms. The van der Waals surface area contributed by atoms with E-state index in [0.717, 1.165) is 44.4 Å². The molecule has 1 heterocycles. The van der Waals surface area contributed by atoms with E-state index in [2.05, 4.69) is 202 Å². The molecule has 0 spiro atoms. The molecule has 2 aliphatic carbocycles. The van der Waals surface area contributed by atoms with Crippen molar-refractivity contribution >= 4 is 39.0 Å². The summed E-state index contributed by atoms with van der Waals surface area (Å²) in [6.45, 7) is 9.45. The largest absolute Gasteiger partial charge is 0.456 e. The molecule has 0 atom stereocenters. The third kappa shape index (κ3) is 4.62. The van der Waals surface area contributed by atoms with Gasteiger partial charge < -0.3 is 9.32 Å². The number of benzene rings is 8. The maximum atomic E-state index is 6.36. The highest BCUT2D eigenvalue weighted by molar-refractivity contribution is 6.12. The van der Waals surface area contributed by atoms with Crippen LogP contribution in [-0.4, -0.2) is 0 Å². The molecule has 9 aromatic rings. The van der Waals surface area contributed by atoms with Crippen LogP contribution in [0.15, 0.2) is 180 Å². The van der Waals surface area contributed by atoms with Gasteiger partial charge in [-0.2, -0.15) is 0 Å². The van der Waals surface area contributed by atoms with Gasteiger partial charge in [-0.25, -0.2) is 0 Å². The monoisotopic (exact) mass is 719 g/mol. The first-order chi connectivity index (χ1) is 27.3. The lowest BCUT2D eigenvalue weighted by Crippen LogP contribution is -2.16. The van der Waals surface area contributed by atoms with Crippen LogP contribution >= 0.6 is 0 Å². The van der Waals surface area contributed by atoms with Gasteiger partial charge in [-0.15, -0.1) is 0 Å². The van der Waals surface area contributed by atoms with Crippen LogP contribution in [0.1, 0.15) is 49.9 Å². The molecule has 0 fully saturated rings. The molecule has 0 aliphatic heterocycles. The van der Waals surface area contributed by atoms with Crippen molar-refractivity contribution in [3.05, 3.63) is 198 Å². The molecule has 11 rings (SSSR count). The Bertz CT molecular complexity index is 3050. The minimum Gasteiger partial charge on any atom is -0.456 e. The van der Waals surface area contributed by atoms with Crippen molar-refractivity contribution in [1.29, 1.82) is 0 Å². The molecular weight excluding hydrogens is 679 g/mol. The van der Waals surface area contributed by atoms with Crippen LogP contribution in [0.4, 0.5) is 17.1 Å². The maximum absolute atomic E-state index is 6.36. The molecule has 268 valence electrons. The summed E-state index contributed by atoms with van der Waals surface area (Å²) in [5.74, 6) is 0. The van der Waals surface area contributed by atoms with Gasteiger partial charge in [0.15, 0.2) is 0 Å². The van der Waals surface area contributed by atoms with Crippen LogP contribution in [0, 0.1) is 0 Å². The van der Waals surface area contributed by atoms with Crippen LogP contribution < -0.4 is 4.90 Å². The van der Waals surface area contributed by atoms with Crippen LogP contribution in [0.2, 0.25) is 0 Å². The molecule has 0 N–H and O–H groups in total. The van der Waals surface area contributed by atoms with Crippen molar-refractivity contribution in [1.82, 2.24) is 0 Å². The highest BCUT2D eigenvalue weighted by Crippen LogP contribution is 2.56. The van der Waals surface area contributed by atoms with Gasteiger partial charge >= 0.3 is 0 Å².